The first-order valence-corrected chi connectivity index (χ1v) is 13.0. The van der Waals surface area contributed by atoms with E-state index in [1.807, 2.05) is 23.2 Å². The average Bonchev–Trinajstić information content (AvgIpc) is 3.25. The summed E-state index contributed by atoms with van der Waals surface area (Å²) in [6.45, 7) is 1.70. The summed E-state index contributed by atoms with van der Waals surface area (Å²) in [4.78, 5) is 13.0. The normalized spacial score (nSPS) is 14.9. The van der Waals surface area contributed by atoms with E-state index in [1.165, 1.54) is 6.42 Å². The molecule has 152 valence electrons. The second-order valence-corrected chi connectivity index (χ2v) is 12.6. The fourth-order valence-electron chi connectivity index (χ4n) is 3.23. The molecule has 0 radical (unpaired) electrons. The Kier molecular flexibility index (Phi) is 6.91. The van der Waals surface area contributed by atoms with E-state index in [-0.39, 0.29) is 20.4 Å². The standard InChI is InChI=1S/C19H16Br2Cl2N4OSe/c20-15-7-6-14(29-15)18-16(21)17(19(28)25-26-8-2-1-3-9-26)24-27(18)13-5-4-11(22)10-12(13)23/h4-7,10H,1-3,8-9H2,(H,25,28). The molecule has 1 amide bonds. The summed E-state index contributed by atoms with van der Waals surface area (Å²) in [6.07, 6.45) is 3.36. The SMILES string of the molecule is O=C(NN1CCCCC1)c1nn(-c2ccc(Cl)cc2Cl)c(-c2ccc(Br)[se]2)c1Br. The third kappa shape index (κ3) is 4.69. The van der Waals surface area contributed by atoms with Crippen molar-refractivity contribution >= 4 is 75.5 Å². The molecule has 1 fully saturated rings. The number of piperidine rings is 1. The van der Waals surface area contributed by atoms with Gasteiger partial charge in [-0.25, -0.2) is 0 Å². The molecule has 5 nitrogen and oxygen atoms in total. The van der Waals surface area contributed by atoms with Crippen LogP contribution in [-0.2, 0) is 0 Å². The molecule has 10 heteroatoms. The van der Waals surface area contributed by atoms with E-state index in [2.05, 4.69) is 42.4 Å². The predicted molar refractivity (Wildman–Crippen MR) is 124 cm³/mol. The zero-order chi connectivity index (χ0) is 20.5. The third-order valence-electron chi connectivity index (χ3n) is 4.60. The molecule has 29 heavy (non-hydrogen) atoms. The van der Waals surface area contributed by atoms with Crippen molar-refractivity contribution in [3.8, 4) is 15.8 Å². The number of hydrogen-bond donors (Lipinski definition) is 1. The summed E-state index contributed by atoms with van der Waals surface area (Å²) in [6, 6.07) is 9.31. The number of nitrogens with zero attached hydrogens (tertiary/aromatic N) is 3. The van der Waals surface area contributed by atoms with E-state index in [1.54, 1.807) is 16.8 Å². The van der Waals surface area contributed by atoms with Gasteiger partial charge in [-0.05, 0) is 0 Å². The van der Waals surface area contributed by atoms with Gasteiger partial charge >= 0.3 is 203 Å². The maximum absolute atomic E-state index is 13.0. The molecule has 0 aliphatic carbocycles. The molecule has 0 saturated carbocycles. The number of benzene rings is 1. The van der Waals surface area contributed by atoms with Crippen LogP contribution >= 0.6 is 55.1 Å². The van der Waals surface area contributed by atoms with Crippen molar-refractivity contribution in [1.29, 1.82) is 0 Å². The maximum atomic E-state index is 13.0. The molecule has 2 aromatic heterocycles. The van der Waals surface area contributed by atoms with Crippen LogP contribution in [0.5, 0.6) is 0 Å². The molecule has 0 unspecified atom stereocenters. The molecule has 0 spiro atoms. The van der Waals surface area contributed by atoms with Gasteiger partial charge in [0.25, 0.3) is 0 Å². The number of hydrazine groups is 1. The fraction of sp³-hybridized carbons (Fsp3) is 0.263. The summed E-state index contributed by atoms with van der Waals surface area (Å²) in [7, 11) is 0. The van der Waals surface area contributed by atoms with Crippen LogP contribution in [0.25, 0.3) is 15.8 Å². The Morgan fingerprint density at radius 1 is 1.10 bits per heavy atom. The van der Waals surface area contributed by atoms with Crippen LogP contribution in [0, 0.1) is 0 Å². The molecule has 3 aromatic rings. The molecule has 3 heterocycles. The quantitative estimate of drug-likeness (QED) is 0.387. The van der Waals surface area contributed by atoms with Gasteiger partial charge in [-0.15, -0.1) is 0 Å². The van der Waals surface area contributed by atoms with Gasteiger partial charge in [0.05, 0.1) is 0 Å². The fourth-order valence-corrected chi connectivity index (χ4v) is 7.30. The summed E-state index contributed by atoms with van der Waals surface area (Å²) >= 11 is 19.8. The minimum absolute atomic E-state index is 0.0832. The number of nitrogens with one attached hydrogen (secondary N) is 1. The minimum atomic E-state index is -0.234. The molecule has 1 aromatic carbocycles. The van der Waals surface area contributed by atoms with Crippen molar-refractivity contribution in [2.75, 3.05) is 13.1 Å². The zero-order valence-electron chi connectivity index (χ0n) is 15.1. The Morgan fingerprint density at radius 3 is 2.52 bits per heavy atom. The Morgan fingerprint density at radius 2 is 1.86 bits per heavy atom. The van der Waals surface area contributed by atoms with E-state index in [0.29, 0.717) is 25.9 Å². The molecule has 1 N–H and O–H groups in total. The summed E-state index contributed by atoms with van der Waals surface area (Å²) in [5.74, 6) is -0.234. The van der Waals surface area contributed by atoms with Crippen LogP contribution in [0.3, 0.4) is 0 Å². The third-order valence-corrected chi connectivity index (χ3v) is 8.84. The van der Waals surface area contributed by atoms with Crippen molar-refractivity contribution < 1.29 is 4.79 Å². The Bertz CT molecular complexity index is 1060. The number of carbonyl (C=O) groups is 1. The van der Waals surface area contributed by atoms with Crippen molar-refractivity contribution in [1.82, 2.24) is 20.2 Å². The molecular formula is C19H16Br2Cl2N4OSe. The van der Waals surface area contributed by atoms with Gasteiger partial charge in [-0.2, -0.15) is 0 Å². The van der Waals surface area contributed by atoms with Gasteiger partial charge in [0.15, 0.2) is 0 Å². The van der Waals surface area contributed by atoms with Crippen molar-refractivity contribution in [3.63, 3.8) is 0 Å². The van der Waals surface area contributed by atoms with Crippen LogP contribution in [0.1, 0.15) is 29.8 Å². The molecule has 0 bridgehead atoms. The molecular weight excluding hydrogens is 610 g/mol. The van der Waals surface area contributed by atoms with Crippen LogP contribution in [0.4, 0.5) is 0 Å². The number of aromatic nitrogens is 2. The second-order valence-electron chi connectivity index (χ2n) is 6.61. The van der Waals surface area contributed by atoms with Gasteiger partial charge in [-0.1, -0.05) is 0 Å². The number of hydrogen-bond acceptors (Lipinski definition) is 3. The number of rotatable bonds is 4. The zero-order valence-corrected chi connectivity index (χ0v) is 21.5. The van der Waals surface area contributed by atoms with E-state index in [4.69, 9.17) is 23.2 Å². The number of halogens is 4. The topological polar surface area (TPSA) is 50.2 Å². The Labute approximate surface area is 201 Å². The molecule has 1 aliphatic heterocycles. The molecule has 1 aliphatic rings. The van der Waals surface area contributed by atoms with E-state index in [0.717, 1.165) is 39.4 Å². The Hall–Kier alpha value is -0.601. The van der Waals surface area contributed by atoms with Gasteiger partial charge < -0.3 is 0 Å². The average molecular weight is 626 g/mol. The van der Waals surface area contributed by atoms with Crippen molar-refractivity contribution in [3.05, 3.63) is 53.9 Å². The van der Waals surface area contributed by atoms with Crippen LogP contribution in [0.15, 0.2) is 38.2 Å². The first kappa shape index (κ1) is 21.6. The van der Waals surface area contributed by atoms with E-state index in [9.17, 15) is 4.79 Å². The van der Waals surface area contributed by atoms with E-state index < -0.39 is 0 Å². The first-order chi connectivity index (χ1) is 13.9. The van der Waals surface area contributed by atoms with Gasteiger partial charge in [-0.3, -0.25) is 0 Å². The monoisotopic (exact) mass is 624 g/mol. The number of amides is 1. The van der Waals surface area contributed by atoms with Gasteiger partial charge in [0, 0.05) is 0 Å². The molecule has 0 atom stereocenters. The van der Waals surface area contributed by atoms with E-state index >= 15 is 0 Å². The van der Waals surface area contributed by atoms with Crippen LogP contribution in [0.2, 0.25) is 10.0 Å². The van der Waals surface area contributed by atoms with Crippen LogP contribution < -0.4 is 5.43 Å². The number of carbonyl (C=O) groups excluding carboxylic acids is 1. The molecule has 4 rings (SSSR count). The van der Waals surface area contributed by atoms with Crippen molar-refractivity contribution in [2.24, 2.45) is 0 Å². The Balaban J connectivity index is 1.79. The van der Waals surface area contributed by atoms with Crippen molar-refractivity contribution in [2.45, 2.75) is 19.3 Å². The predicted octanol–water partition coefficient (Wildman–Crippen LogP) is 5.56. The van der Waals surface area contributed by atoms with Gasteiger partial charge in [0.2, 0.25) is 0 Å². The summed E-state index contributed by atoms with van der Waals surface area (Å²) in [5, 5.41) is 7.61. The first-order valence-electron chi connectivity index (χ1n) is 8.99. The van der Waals surface area contributed by atoms with Crippen LogP contribution in [-0.4, -0.2) is 48.3 Å². The molecule has 1 saturated heterocycles. The van der Waals surface area contributed by atoms with Gasteiger partial charge in [0.1, 0.15) is 0 Å². The second kappa shape index (κ2) is 9.26. The summed E-state index contributed by atoms with van der Waals surface area (Å²) < 4.78 is 4.59. The summed E-state index contributed by atoms with van der Waals surface area (Å²) in [5.41, 5.74) is 4.81.